The lowest BCUT2D eigenvalue weighted by molar-refractivity contribution is 0.211. The van der Waals surface area contributed by atoms with Crippen molar-refractivity contribution in [1.29, 1.82) is 0 Å². The summed E-state index contributed by atoms with van der Waals surface area (Å²) in [6.07, 6.45) is 5.03. The average Bonchev–Trinajstić information content (AvgIpc) is 3.07. The van der Waals surface area contributed by atoms with Crippen LogP contribution in [0.5, 0.6) is 0 Å². The first-order valence-electron chi connectivity index (χ1n) is 7.36. The minimum atomic E-state index is 0.127. The van der Waals surface area contributed by atoms with E-state index >= 15 is 0 Å². The highest BCUT2D eigenvalue weighted by Gasteiger charge is 2.24. The van der Waals surface area contributed by atoms with E-state index in [1.165, 1.54) is 17.7 Å². The highest BCUT2D eigenvalue weighted by molar-refractivity contribution is 7.10. The van der Waals surface area contributed by atoms with Gasteiger partial charge in [-0.15, -0.1) is 11.3 Å². The number of aliphatic hydroxyl groups excluding tert-OH is 2. The van der Waals surface area contributed by atoms with Crippen molar-refractivity contribution < 1.29 is 10.2 Å². The first kappa shape index (κ1) is 15.5. The number of hydrogen-bond donors (Lipinski definition) is 2. The van der Waals surface area contributed by atoms with Gasteiger partial charge in [-0.3, -0.25) is 4.90 Å². The van der Waals surface area contributed by atoms with Crippen LogP contribution in [0.2, 0.25) is 0 Å². The number of thiophene rings is 1. The maximum absolute atomic E-state index is 8.98. The molecule has 1 aliphatic heterocycles. The van der Waals surface area contributed by atoms with Crippen LogP contribution in [0, 0.1) is 11.8 Å². The summed E-state index contributed by atoms with van der Waals surface area (Å²) in [6, 6.07) is 2.69. The van der Waals surface area contributed by atoms with Gasteiger partial charge in [-0.25, -0.2) is 0 Å². The van der Waals surface area contributed by atoms with Gasteiger partial charge in [0.2, 0.25) is 0 Å². The van der Waals surface area contributed by atoms with Crippen LogP contribution >= 0.6 is 11.3 Å². The highest BCUT2D eigenvalue weighted by Crippen LogP contribution is 2.26. The first-order valence-corrected chi connectivity index (χ1v) is 8.24. The molecule has 0 spiro atoms. The minimum Gasteiger partial charge on any atom is -0.396 e. The molecule has 2 heterocycles. The van der Waals surface area contributed by atoms with Crippen LogP contribution in [-0.2, 0) is 6.54 Å². The van der Waals surface area contributed by atoms with Gasteiger partial charge < -0.3 is 10.2 Å². The van der Waals surface area contributed by atoms with Gasteiger partial charge in [-0.05, 0) is 43.7 Å². The van der Waals surface area contributed by atoms with E-state index in [4.69, 9.17) is 10.2 Å². The van der Waals surface area contributed by atoms with Crippen molar-refractivity contribution in [1.82, 2.24) is 4.90 Å². The largest absolute Gasteiger partial charge is 0.396 e. The molecule has 1 aromatic rings. The molecule has 110 valence electrons. The molecule has 1 fully saturated rings. The first-order chi connectivity index (χ1) is 9.85. The molecule has 0 bridgehead atoms. The van der Waals surface area contributed by atoms with E-state index in [1.54, 1.807) is 11.3 Å². The average molecular weight is 293 g/mol. The highest BCUT2D eigenvalue weighted by atomic mass is 32.1. The summed E-state index contributed by atoms with van der Waals surface area (Å²) in [7, 11) is 0. The Morgan fingerprint density at radius 1 is 1.35 bits per heavy atom. The molecule has 0 aromatic carbocycles. The normalized spacial score (nSPS) is 19.0. The SMILES string of the molecule is OCCC#Cc1ccsc1CN1CCCC1CCCO. The molecule has 0 amide bonds. The van der Waals surface area contributed by atoms with E-state index in [2.05, 4.69) is 28.2 Å². The zero-order valence-corrected chi connectivity index (χ0v) is 12.7. The van der Waals surface area contributed by atoms with Crippen LogP contribution in [0.15, 0.2) is 11.4 Å². The third-order valence-corrected chi connectivity index (χ3v) is 4.65. The Balaban J connectivity index is 1.96. The standard InChI is InChI=1S/C16H23NO2S/c18-10-2-1-5-14-8-12-20-16(14)13-17-9-3-6-15(17)7-4-11-19/h8,12,15,18-19H,2-4,6-7,9-11,13H2. The Morgan fingerprint density at radius 2 is 2.25 bits per heavy atom. The topological polar surface area (TPSA) is 43.7 Å². The zero-order valence-electron chi connectivity index (χ0n) is 11.8. The second kappa shape index (κ2) is 8.43. The van der Waals surface area contributed by atoms with Gasteiger partial charge in [-0.1, -0.05) is 11.8 Å². The van der Waals surface area contributed by atoms with Crippen LogP contribution in [-0.4, -0.2) is 40.9 Å². The fourth-order valence-corrected chi connectivity index (χ4v) is 3.58. The van der Waals surface area contributed by atoms with Crippen LogP contribution < -0.4 is 0 Å². The zero-order chi connectivity index (χ0) is 14.2. The second-order valence-corrected chi connectivity index (χ2v) is 6.17. The van der Waals surface area contributed by atoms with Gasteiger partial charge in [0.25, 0.3) is 0 Å². The van der Waals surface area contributed by atoms with E-state index in [9.17, 15) is 0 Å². The third kappa shape index (κ3) is 4.32. The summed E-state index contributed by atoms with van der Waals surface area (Å²) in [6.45, 7) is 2.54. The van der Waals surface area contributed by atoms with E-state index in [0.717, 1.165) is 31.5 Å². The molecule has 2 N–H and O–H groups in total. The quantitative estimate of drug-likeness (QED) is 0.791. The Labute approximate surface area is 125 Å². The molecule has 3 nitrogen and oxygen atoms in total. The van der Waals surface area contributed by atoms with Gasteiger partial charge in [0.1, 0.15) is 0 Å². The number of aliphatic hydroxyl groups is 2. The Hall–Kier alpha value is -0.860. The number of rotatable bonds is 6. The van der Waals surface area contributed by atoms with Gasteiger partial charge >= 0.3 is 0 Å². The van der Waals surface area contributed by atoms with Crippen LogP contribution in [0.4, 0.5) is 0 Å². The number of nitrogens with zero attached hydrogens (tertiary/aromatic N) is 1. The van der Waals surface area contributed by atoms with E-state index in [1.807, 2.05) is 0 Å². The molecular weight excluding hydrogens is 270 g/mol. The van der Waals surface area contributed by atoms with Crippen molar-refractivity contribution in [3.8, 4) is 11.8 Å². The lowest BCUT2D eigenvalue weighted by atomic mass is 10.1. The summed E-state index contributed by atoms with van der Waals surface area (Å²) in [5, 5.41) is 19.9. The van der Waals surface area contributed by atoms with Gasteiger partial charge in [0, 0.05) is 36.1 Å². The molecule has 1 aromatic heterocycles. The molecule has 4 heteroatoms. The lowest BCUT2D eigenvalue weighted by Gasteiger charge is -2.23. The smallest absolute Gasteiger partial charge is 0.0540 e. The molecule has 0 aliphatic carbocycles. The maximum Gasteiger partial charge on any atom is 0.0540 e. The van der Waals surface area contributed by atoms with Crippen molar-refractivity contribution in [3.63, 3.8) is 0 Å². The van der Waals surface area contributed by atoms with E-state index < -0.39 is 0 Å². The minimum absolute atomic E-state index is 0.127. The predicted molar refractivity (Wildman–Crippen MR) is 82.7 cm³/mol. The molecule has 0 radical (unpaired) electrons. The van der Waals surface area contributed by atoms with Crippen LogP contribution in [0.3, 0.4) is 0 Å². The maximum atomic E-state index is 8.98. The van der Waals surface area contributed by atoms with Crippen molar-refractivity contribution in [2.24, 2.45) is 0 Å². The van der Waals surface area contributed by atoms with Gasteiger partial charge in [0.15, 0.2) is 0 Å². The lowest BCUT2D eigenvalue weighted by Crippen LogP contribution is -2.28. The predicted octanol–water partition coefficient (Wildman–Crippen LogP) is 2.22. The van der Waals surface area contributed by atoms with E-state index in [-0.39, 0.29) is 6.61 Å². The van der Waals surface area contributed by atoms with Crippen molar-refractivity contribution in [2.45, 2.75) is 44.7 Å². The fraction of sp³-hybridized carbons (Fsp3) is 0.625. The molecule has 1 unspecified atom stereocenters. The fourth-order valence-electron chi connectivity index (χ4n) is 2.73. The summed E-state index contributed by atoms with van der Waals surface area (Å²) < 4.78 is 0. The Morgan fingerprint density at radius 3 is 3.05 bits per heavy atom. The number of likely N-dealkylation sites (tertiary alicyclic amines) is 1. The summed E-state index contributed by atoms with van der Waals surface area (Å²) in [4.78, 5) is 3.85. The molecule has 1 saturated heterocycles. The Bertz CT molecular complexity index is 461. The second-order valence-electron chi connectivity index (χ2n) is 5.17. The molecule has 0 saturated carbocycles. The summed E-state index contributed by atoms with van der Waals surface area (Å²) in [5.74, 6) is 6.16. The molecule has 20 heavy (non-hydrogen) atoms. The van der Waals surface area contributed by atoms with Crippen LogP contribution in [0.25, 0.3) is 0 Å². The number of hydrogen-bond acceptors (Lipinski definition) is 4. The van der Waals surface area contributed by atoms with E-state index in [0.29, 0.717) is 19.1 Å². The monoisotopic (exact) mass is 293 g/mol. The van der Waals surface area contributed by atoms with Gasteiger partial charge in [0.05, 0.1) is 6.61 Å². The molecule has 1 atom stereocenters. The molecule has 1 aliphatic rings. The van der Waals surface area contributed by atoms with Crippen molar-refractivity contribution >= 4 is 11.3 Å². The summed E-state index contributed by atoms with van der Waals surface area (Å²) in [5.41, 5.74) is 1.11. The molecular formula is C16H23NO2S. The summed E-state index contributed by atoms with van der Waals surface area (Å²) >= 11 is 1.76. The van der Waals surface area contributed by atoms with Crippen molar-refractivity contribution in [3.05, 3.63) is 21.9 Å². The Kier molecular flexibility index (Phi) is 6.55. The van der Waals surface area contributed by atoms with Gasteiger partial charge in [-0.2, -0.15) is 0 Å². The molecule has 2 rings (SSSR count). The van der Waals surface area contributed by atoms with Crippen LogP contribution in [0.1, 0.15) is 42.5 Å². The van der Waals surface area contributed by atoms with Crippen molar-refractivity contribution in [2.75, 3.05) is 19.8 Å². The third-order valence-electron chi connectivity index (χ3n) is 3.75.